The van der Waals surface area contributed by atoms with Crippen LogP contribution in [0.5, 0.6) is 5.75 Å². The fourth-order valence-corrected chi connectivity index (χ4v) is 3.04. The van der Waals surface area contributed by atoms with E-state index < -0.39 is 0 Å². The van der Waals surface area contributed by atoms with Gasteiger partial charge in [-0.15, -0.1) is 0 Å². The number of hydrogen-bond donors (Lipinski definition) is 1. The molecule has 0 amide bonds. The van der Waals surface area contributed by atoms with Gasteiger partial charge in [0.15, 0.2) is 0 Å². The first-order valence-electron chi connectivity index (χ1n) is 7.16. The minimum absolute atomic E-state index is 0.220. The Hall–Kier alpha value is -1.13. The number of ether oxygens (including phenoxy) is 1. The maximum absolute atomic E-state index is 12.8. The Morgan fingerprint density at radius 3 is 2.79 bits per heavy atom. The molecule has 104 valence electrons. The Kier molecular flexibility index (Phi) is 3.99. The van der Waals surface area contributed by atoms with Gasteiger partial charge >= 0.3 is 0 Å². The van der Waals surface area contributed by atoms with E-state index in [-0.39, 0.29) is 5.82 Å². The summed E-state index contributed by atoms with van der Waals surface area (Å²) in [5.41, 5.74) is 0. The first-order valence-corrected chi connectivity index (χ1v) is 7.16. The minimum Gasteiger partial charge on any atom is -0.492 e. The number of halogens is 1. The molecule has 2 unspecified atom stereocenters. The summed E-state index contributed by atoms with van der Waals surface area (Å²) in [5.74, 6) is 0.526. The Labute approximate surface area is 113 Å². The van der Waals surface area contributed by atoms with E-state index in [9.17, 15) is 4.39 Å². The van der Waals surface area contributed by atoms with Crippen molar-refractivity contribution in [3.8, 4) is 5.75 Å². The second-order valence-corrected chi connectivity index (χ2v) is 5.53. The van der Waals surface area contributed by atoms with Crippen molar-refractivity contribution in [2.24, 2.45) is 0 Å². The second kappa shape index (κ2) is 5.88. The van der Waals surface area contributed by atoms with Crippen LogP contribution < -0.4 is 10.1 Å². The SMILES string of the molecule is Fc1ccc(OCCN2CCC3CCC(C2)N3)cc1. The van der Waals surface area contributed by atoms with E-state index in [1.165, 1.54) is 31.4 Å². The monoisotopic (exact) mass is 264 g/mol. The zero-order valence-electron chi connectivity index (χ0n) is 11.1. The second-order valence-electron chi connectivity index (χ2n) is 5.53. The number of rotatable bonds is 4. The molecule has 2 aliphatic rings. The van der Waals surface area contributed by atoms with E-state index in [1.807, 2.05) is 0 Å². The molecule has 3 nitrogen and oxygen atoms in total. The molecule has 4 heteroatoms. The number of likely N-dealkylation sites (tertiary alicyclic amines) is 1. The van der Waals surface area contributed by atoms with Crippen LogP contribution in [0.3, 0.4) is 0 Å². The molecule has 2 saturated heterocycles. The van der Waals surface area contributed by atoms with Crippen LogP contribution in [-0.4, -0.2) is 43.2 Å². The molecule has 0 aromatic heterocycles. The van der Waals surface area contributed by atoms with E-state index in [1.54, 1.807) is 12.1 Å². The summed E-state index contributed by atoms with van der Waals surface area (Å²) in [7, 11) is 0. The predicted octanol–water partition coefficient (Wildman–Crippen LogP) is 2.03. The summed E-state index contributed by atoms with van der Waals surface area (Å²) in [6.07, 6.45) is 3.89. The quantitative estimate of drug-likeness (QED) is 0.900. The van der Waals surface area contributed by atoms with Crippen molar-refractivity contribution >= 4 is 0 Å². The van der Waals surface area contributed by atoms with Crippen LogP contribution in [0.25, 0.3) is 0 Å². The van der Waals surface area contributed by atoms with Crippen LogP contribution in [0.2, 0.25) is 0 Å². The molecule has 2 heterocycles. The maximum Gasteiger partial charge on any atom is 0.123 e. The smallest absolute Gasteiger partial charge is 0.123 e. The summed E-state index contributed by atoms with van der Waals surface area (Å²) in [6, 6.07) is 7.63. The van der Waals surface area contributed by atoms with Gasteiger partial charge in [-0.1, -0.05) is 0 Å². The Morgan fingerprint density at radius 1 is 1.16 bits per heavy atom. The molecule has 0 saturated carbocycles. The highest BCUT2D eigenvalue weighted by Crippen LogP contribution is 2.20. The van der Waals surface area contributed by atoms with E-state index in [0.717, 1.165) is 31.4 Å². The molecule has 1 N–H and O–H groups in total. The molecule has 1 aromatic rings. The van der Waals surface area contributed by atoms with Gasteiger partial charge in [0, 0.05) is 25.2 Å². The fraction of sp³-hybridized carbons (Fsp3) is 0.600. The third-order valence-electron chi connectivity index (χ3n) is 4.10. The normalized spacial score (nSPS) is 27.2. The van der Waals surface area contributed by atoms with Crippen LogP contribution >= 0.6 is 0 Å². The molecule has 1 aromatic carbocycles. The van der Waals surface area contributed by atoms with Gasteiger partial charge in [-0.2, -0.15) is 0 Å². The van der Waals surface area contributed by atoms with E-state index >= 15 is 0 Å². The Morgan fingerprint density at radius 2 is 1.95 bits per heavy atom. The molecule has 0 radical (unpaired) electrons. The number of nitrogens with one attached hydrogen (secondary N) is 1. The van der Waals surface area contributed by atoms with Gasteiger partial charge in [0.05, 0.1) is 0 Å². The summed E-state index contributed by atoms with van der Waals surface area (Å²) < 4.78 is 18.4. The largest absolute Gasteiger partial charge is 0.492 e. The third-order valence-corrected chi connectivity index (χ3v) is 4.10. The van der Waals surface area contributed by atoms with Gasteiger partial charge in [-0.05, 0) is 50.1 Å². The number of benzene rings is 1. The highest BCUT2D eigenvalue weighted by atomic mass is 19.1. The van der Waals surface area contributed by atoms with Gasteiger partial charge in [0.1, 0.15) is 18.2 Å². The Bertz CT molecular complexity index is 409. The van der Waals surface area contributed by atoms with Crippen molar-refractivity contribution in [2.45, 2.75) is 31.3 Å². The molecule has 3 rings (SSSR count). The lowest BCUT2D eigenvalue weighted by Crippen LogP contribution is -2.37. The van der Waals surface area contributed by atoms with Crippen molar-refractivity contribution in [2.75, 3.05) is 26.2 Å². The van der Waals surface area contributed by atoms with Crippen LogP contribution in [0, 0.1) is 5.82 Å². The number of nitrogens with zero attached hydrogens (tertiary/aromatic N) is 1. The van der Waals surface area contributed by atoms with Gasteiger partial charge in [-0.25, -0.2) is 4.39 Å². The van der Waals surface area contributed by atoms with Crippen molar-refractivity contribution < 1.29 is 9.13 Å². The topological polar surface area (TPSA) is 24.5 Å². The van der Waals surface area contributed by atoms with E-state index in [4.69, 9.17) is 4.74 Å². The number of hydrogen-bond acceptors (Lipinski definition) is 3. The number of fused-ring (bicyclic) bond motifs is 2. The highest BCUT2D eigenvalue weighted by molar-refractivity contribution is 5.21. The van der Waals surface area contributed by atoms with E-state index in [2.05, 4.69) is 10.2 Å². The first kappa shape index (κ1) is 12.9. The van der Waals surface area contributed by atoms with Crippen LogP contribution in [0.4, 0.5) is 4.39 Å². The summed E-state index contributed by atoms with van der Waals surface area (Å²) >= 11 is 0. The molecule has 0 aliphatic carbocycles. The molecule has 2 atom stereocenters. The lowest BCUT2D eigenvalue weighted by atomic mass is 10.1. The maximum atomic E-state index is 12.8. The summed E-state index contributed by atoms with van der Waals surface area (Å²) in [6.45, 7) is 3.90. The molecule has 2 aliphatic heterocycles. The molecule has 19 heavy (non-hydrogen) atoms. The molecule has 0 spiro atoms. The standard InChI is InChI=1S/C15H21FN2O/c16-12-1-5-15(6-2-12)19-10-9-18-8-7-13-3-4-14(11-18)17-13/h1-2,5-6,13-14,17H,3-4,7-11H2. The molecular formula is C15H21FN2O. The minimum atomic E-state index is -0.220. The highest BCUT2D eigenvalue weighted by Gasteiger charge is 2.28. The molecule has 2 fully saturated rings. The van der Waals surface area contributed by atoms with Gasteiger partial charge < -0.3 is 10.1 Å². The average Bonchev–Trinajstić information content (AvgIpc) is 2.74. The summed E-state index contributed by atoms with van der Waals surface area (Å²) in [5, 5.41) is 3.67. The average molecular weight is 264 g/mol. The van der Waals surface area contributed by atoms with Crippen molar-refractivity contribution in [3.63, 3.8) is 0 Å². The molecule has 2 bridgehead atoms. The van der Waals surface area contributed by atoms with Gasteiger partial charge in [0.25, 0.3) is 0 Å². The van der Waals surface area contributed by atoms with Crippen LogP contribution in [-0.2, 0) is 0 Å². The lowest BCUT2D eigenvalue weighted by molar-refractivity contribution is 0.201. The zero-order valence-corrected chi connectivity index (χ0v) is 11.1. The van der Waals surface area contributed by atoms with Crippen molar-refractivity contribution in [3.05, 3.63) is 30.1 Å². The zero-order chi connectivity index (χ0) is 13.1. The molecular weight excluding hydrogens is 243 g/mol. The lowest BCUT2D eigenvalue weighted by Gasteiger charge is -2.23. The summed E-state index contributed by atoms with van der Waals surface area (Å²) in [4.78, 5) is 2.47. The van der Waals surface area contributed by atoms with Crippen LogP contribution in [0.1, 0.15) is 19.3 Å². The van der Waals surface area contributed by atoms with Gasteiger partial charge in [0.2, 0.25) is 0 Å². The Balaban J connectivity index is 1.43. The first-order chi connectivity index (χ1) is 9.29. The van der Waals surface area contributed by atoms with Crippen molar-refractivity contribution in [1.82, 2.24) is 10.2 Å². The van der Waals surface area contributed by atoms with E-state index in [0.29, 0.717) is 12.6 Å². The van der Waals surface area contributed by atoms with Crippen molar-refractivity contribution in [1.29, 1.82) is 0 Å². The predicted molar refractivity (Wildman–Crippen MR) is 72.9 cm³/mol. The third kappa shape index (κ3) is 3.45. The van der Waals surface area contributed by atoms with Crippen LogP contribution in [0.15, 0.2) is 24.3 Å². The fourth-order valence-electron chi connectivity index (χ4n) is 3.04. The van der Waals surface area contributed by atoms with Gasteiger partial charge in [-0.3, -0.25) is 4.90 Å².